The third-order valence-electron chi connectivity index (χ3n) is 3.90. The van der Waals surface area contributed by atoms with Gasteiger partial charge in [0.15, 0.2) is 6.61 Å². The molecule has 2 aromatic rings. The van der Waals surface area contributed by atoms with Gasteiger partial charge in [0.05, 0.1) is 10.2 Å². The molecule has 4 nitrogen and oxygen atoms in total. The lowest BCUT2D eigenvalue weighted by molar-refractivity contribution is -0.123. The number of halogens is 1. The Kier molecular flexibility index (Phi) is 7.39. The standard InChI is InChI=1S/C21H25BrN2O2/c1-14(2)17-10-11-19(18(22)12-17)26-13-20(25)23-24-21(15(3)4)16-8-6-5-7-9-16/h5-12,14-15H,13H2,1-4H3,(H,23,25). The van der Waals surface area contributed by atoms with Gasteiger partial charge in [-0.3, -0.25) is 4.79 Å². The van der Waals surface area contributed by atoms with E-state index in [0.717, 1.165) is 15.7 Å². The molecule has 138 valence electrons. The Morgan fingerprint density at radius 3 is 2.38 bits per heavy atom. The fourth-order valence-corrected chi connectivity index (χ4v) is 2.94. The van der Waals surface area contributed by atoms with Gasteiger partial charge in [0.2, 0.25) is 0 Å². The summed E-state index contributed by atoms with van der Waals surface area (Å²) >= 11 is 3.49. The minimum absolute atomic E-state index is 0.0940. The van der Waals surface area contributed by atoms with E-state index in [2.05, 4.69) is 40.3 Å². The molecule has 0 atom stereocenters. The maximum atomic E-state index is 12.1. The Bertz CT molecular complexity index is 771. The number of benzene rings is 2. The van der Waals surface area contributed by atoms with Crippen molar-refractivity contribution in [3.05, 3.63) is 64.1 Å². The van der Waals surface area contributed by atoms with Gasteiger partial charge in [-0.15, -0.1) is 0 Å². The molecule has 0 saturated carbocycles. The second-order valence-corrected chi connectivity index (χ2v) is 7.54. The van der Waals surface area contributed by atoms with Gasteiger partial charge >= 0.3 is 0 Å². The second-order valence-electron chi connectivity index (χ2n) is 6.69. The molecule has 1 amide bonds. The van der Waals surface area contributed by atoms with Crippen LogP contribution < -0.4 is 10.2 Å². The Hall–Kier alpha value is -2.14. The van der Waals surface area contributed by atoms with Crippen molar-refractivity contribution >= 4 is 27.5 Å². The molecule has 5 heteroatoms. The van der Waals surface area contributed by atoms with Crippen LogP contribution in [0.25, 0.3) is 0 Å². The van der Waals surface area contributed by atoms with E-state index in [1.54, 1.807) is 0 Å². The highest BCUT2D eigenvalue weighted by Crippen LogP contribution is 2.28. The number of nitrogens with zero attached hydrogens (tertiary/aromatic N) is 1. The average Bonchev–Trinajstić information content (AvgIpc) is 2.61. The number of hydrogen-bond acceptors (Lipinski definition) is 3. The predicted molar refractivity (Wildman–Crippen MR) is 110 cm³/mol. The van der Waals surface area contributed by atoms with E-state index in [4.69, 9.17) is 4.74 Å². The highest BCUT2D eigenvalue weighted by molar-refractivity contribution is 9.10. The Morgan fingerprint density at radius 2 is 1.81 bits per heavy atom. The van der Waals surface area contributed by atoms with Crippen molar-refractivity contribution in [1.29, 1.82) is 0 Å². The zero-order chi connectivity index (χ0) is 19.1. The first kappa shape index (κ1) is 20.2. The smallest absolute Gasteiger partial charge is 0.277 e. The van der Waals surface area contributed by atoms with Gasteiger partial charge in [-0.05, 0) is 51.0 Å². The highest BCUT2D eigenvalue weighted by Gasteiger charge is 2.11. The van der Waals surface area contributed by atoms with E-state index >= 15 is 0 Å². The van der Waals surface area contributed by atoms with Crippen LogP contribution in [0.3, 0.4) is 0 Å². The van der Waals surface area contributed by atoms with Gasteiger partial charge in [-0.25, -0.2) is 5.43 Å². The van der Waals surface area contributed by atoms with Crippen molar-refractivity contribution in [1.82, 2.24) is 5.43 Å². The van der Waals surface area contributed by atoms with Crippen LogP contribution in [0.4, 0.5) is 0 Å². The molecule has 2 rings (SSSR count). The molecule has 1 N–H and O–H groups in total. The lowest BCUT2D eigenvalue weighted by atomic mass is 10.0. The topological polar surface area (TPSA) is 50.7 Å². The molecule has 0 fully saturated rings. The first-order valence-corrected chi connectivity index (χ1v) is 9.52. The monoisotopic (exact) mass is 416 g/mol. The summed E-state index contributed by atoms with van der Waals surface area (Å²) in [5, 5.41) is 4.29. The molecule has 0 bridgehead atoms. The number of carbonyl (C=O) groups is 1. The van der Waals surface area contributed by atoms with E-state index in [9.17, 15) is 4.79 Å². The Labute approximate surface area is 163 Å². The summed E-state index contributed by atoms with van der Waals surface area (Å²) in [6.45, 7) is 8.26. The van der Waals surface area contributed by atoms with Crippen LogP contribution in [0.1, 0.15) is 44.7 Å². The van der Waals surface area contributed by atoms with Crippen LogP contribution in [0.15, 0.2) is 58.1 Å². The zero-order valence-electron chi connectivity index (χ0n) is 15.6. The van der Waals surface area contributed by atoms with Crippen molar-refractivity contribution in [2.24, 2.45) is 11.0 Å². The first-order valence-electron chi connectivity index (χ1n) is 8.72. The van der Waals surface area contributed by atoms with Crippen LogP contribution in [0.2, 0.25) is 0 Å². The summed E-state index contributed by atoms with van der Waals surface area (Å²) in [6, 6.07) is 15.7. The SMILES string of the molecule is CC(C)C(=NNC(=O)COc1ccc(C(C)C)cc1Br)c1ccccc1. The molecule has 0 aliphatic carbocycles. The van der Waals surface area contributed by atoms with Crippen LogP contribution in [0, 0.1) is 5.92 Å². The lowest BCUT2D eigenvalue weighted by Crippen LogP contribution is -2.27. The van der Waals surface area contributed by atoms with Crippen molar-refractivity contribution in [2.75, 3.05) is 6.61 Å². The molecule has 0 spiro atoms. The summed E-state index contributed by atoms with van der Waals surface area (Å²) in [7, 11) is 0. The largest absolute Gasteiger partial charge is 0.483 e. The van der Waals surface area contributed by atoms with Gasteiger partial charge in [0.1, 0.15) is 5.75 Å². The number of ether oxygens (including phenoxy) is 1. The molecule has 2 aromatic carbocycles. The first-order chi connectivity index (χ1) is 12.4. The summed E-state index contributed by atoms with van der Waals surface area (Å²) < 4.78 is 6.44. The van der Waals surface area contributed by atoms with Crippen molar-refractivity contribution in [3.63, 3.8) is 0 Å². The van der Waals surface area contributed by atoms with Crippen LogP contribution in [0.5, 0.6) is 5.75 Å². The van der Waals surface area contributed by atoms with Crippen LogP contribution >= 0.6 is 15.9 Å². The third kappa shape index (κ3) is 5.70. The van der Waals surface area contributed by atoms with Crippen LogP contribution in [-0.2, 0) is 4.79 Å². The number of hydrogen-bond donors (Lipinski definition) is 1. The van der Waals surface area contributed by atoms with Crippen molar-refractivity contribution in [2.45, 2.75) is 33.6 Å². The predicted octanol–water partition coefficient (Wildman–Crippen LogP) is 5.13. The molecule has 0 heterocycles. The van der Waals surface area contributed by atoms with E-state index in [-0.39, 0.29) is 18.4 Å². The minimum Gasteiger partial charge on any atom is -0.483 e. The summed E-state index contributed by atoms with van der Waals surface area (Å²) in [5.74, 6) is 0.973. The molecule has 0 aliphatic rings. The molecular weight excluding hydrogens is 392 g/mol. The lowest BCUT2D eigenvalue weighted by Gasteiger charge is -2.12. The van der Waals surface area contributed by atoms with Gasteiger partial charge in [0.25, 0.3) is 5.91 Å². The summed E-state index contributed by atoms with van der Waals surface area (Å²) in [5.41, 5.74) is 5.63. The highest BCUT2D eigenvalue weighted by atomic mass is 79.9. The fourth-order valence-electron chi connectivity index (χ4n) is 2.43. The van der Waals surface area contributed by atoms with Gasteiger partial charge in [-0.2, -0.15) is 5.10 Å². The Balaban J connectivity index is 1.98. The molecule has 26 heavy (non-hydrogen) atoms. The number of amides is 1. The number of rotatable bonds is 7. The number of hydrazone groups is 1. The molecule has 0 radical (unpaired) electrons. The van der Waals surface area contributed by atoms with E-state index in [0.29, 0.717) is 11.7 Å². The third-order valence-corrected chi connectivity index (χ3v) is 4.52. The molecule has 0 unspecified atom stereocenters. The van der Waals surface area contributed by atoms with Crippen LogP contribution in [-0.4, -0.2) is 18.2 Å². The van der Waals surface area contributed by atoms with Gasteiger partial charge in [-0.1, -0.05) is 64.1 Å². The molecule has 0 aliphatic heterocycles. The quantitative estimate of drug-likeness (QED) is 0.502. The molecular formula is C21H25BrN2O2. The minimum atomic E-state index is -0.293. The normalized spacial score (nSPS) is 11.7. The number of nitrogens with one attached hydrogen (secondary N) is 1. The van der Waals surface area contributed by atoms with Crippen molar-refractivity contribution < 1.29 is 9.53 Å². The maximum absolute atomic E-state index is 12.1. The van der Waals surface area contributed by atoms with Gasteiger partial charge < -0.3 is 4.74 Å². The average molecular weight is 417 g/mol. The molecule has 0 aromatic heterocycles. The fraction of sp³-hybridized carbons (Fsp3) is 0.333. The van der Waals surface area contributed by atoms with E-state index in [1.165, 1.54) is 5.56 Å². The Morgan fingerprint density at radius 1 is 1.12 bits per heavy atom. The molecule has 0 saturated heterocycles. The second kappa shape index (κ2) is 9.53. The van der Waals surface area contributed by atoms with Crippen molar-refractivity contribution in [3.8, 4) is 5.75 Å². The number of carbonyl (C=O) groups excluding carboxylic acids is 1. The maximum Gasteiger partial charge on any atom is 0.277 e. The van der Waals surface area contributed by atoms with E-state index < -0.39 is 0 Å². The zero-order valence-corrected chi connectivity index (χ0v) is 17.2. The van der Waals surface area contributed by atoms with E-state index in [1.807, 2.05) is 62.4 Å². The summed E-state index contributed by atoms with van der Waals surface area (Å²) in [6.07, 6.45) is 0. The summed E-state index contributed by atoms with van der Waals surface area (Å²) in [4.78, 5) is 12.1. The van der Waals surface area contributed by atoms with Gasteiger partial charge in [0, 0.05) is 0 Å².